The molecular weight excluding hydrogens is 273 g/mol. The van der Waals surface area contributed by atoms with Gasteiger partial charge in [-0.3, -0.25) is 4.79 Å². The molecule has 1 amide bonds. The first-order valence-corrected chi connectivity index (χ1v) is 6.27. The number of ether oxygens (including phenoxy) is 1. The van der Waals surface area contributed by atoms with E-state index in [2.05, 4.69) is 0 Å². The van der Waals surface area contributed by atoms with Crippen molar-refractivity contribution in [3.05, 3.63) is 65.5 Å². The van der Waals surface area contributed by atoms with E-state index >= 15 is 0 Å². The van der Waals surface area contributed by atoms with Crippen LogP contribution in [-0.2, 0) is 0 Å². The number of amides is 1. The molecule has 0 spiro atoms. The first-order chi connectivity index (χ1) is 9.99. The summed E-state index contributed by atoms with van der Waals surface area (Å²) in [4.78, 5) is 25.2. The molecule has 0 saturated heterocycles. The highest BCUT2D eigenvalue weighted by Crippen LogP contribution is 2.23. The molecule has 0 saturated carbocycles. The lowest BCUT2D eigenvalue weighted by atomic mass is 10.0. The summed E-state index contributed by atoms with van der Waals surface area (Å²) in [5, 5.41) is 0. The van der Waals surface area contributed by atoms with E-state index in [1.165, 1.54) is 25.1 Å². The molecule has 0 radical (unpaired) electrons. The molecule has 0 aliphatic rings. The van der Waals surface area contributed by atoms with Crippen molar-refractivity contribution in [3.63, 3.8) is 0 Å². The average molecular weight is 287 g/mol. The van der Waals surface area contributed by atoms with Crippen molar-refractivity contribution in [1.82, 2.24) is 4.90 Å². The summed E-state index contributed by atoms with van der Waals surface area (Å²) in [6.45, 7) is 0. The number of ketones is 1. The molecule has 0 aromatic heterocycles. The minimum absolute atomic E-state index is 0.0949. The lowest BCUT2D eigenvalue weighted by Gasteiger charge is -2.13. The average Bonchev–Trinajstić information content (AvgIpc) is 2.47. The Bertz CT molecular complexity index is 668. The van der Waals surface area contributed by atoms with E-state index < -0.39 is 11.9 Å². The van der Waals surface area contributed by atoms with Crippen LogP contribution in [0.1, 0.15) is 15.9 Å². The summed E-state index contributed by atoms with van der Waals surface area (Å²) >= 11 is 0. The molecule has 2 aromatic carbocycles. The highest BCUT2D eigenvalue weighted by atomic mass is 19.1. The summed E-state index contributed by atoms with van der Waals surface area (Å²) < 4.78 is 18.4. The summed E-state index contributed by atoms with van der Waals surface area (Å²) in [5.74, 6) is -1.01. The van der Waals surface area contributed by atoms with Crippen LogP contribution in [0.5, 0.6) is 5.75 Å². The molecular formula is C16H14FNO3. The molecule has 0 aliphatic carbocycles. The zero-order chi connectivity index (χ0) is 15.4. The molecule has 0 heterocycles. The van der Waals surface area contributed by atoms with Crippen molar-refractivity contribution in [3.8, 4) is 5.75 Å². The summed E-state index contributed by atoms with van der Waals surface area (Å²) in [6, 6.07) is 12.0. The van der Waals surface area contributed by atoms with E-state index in [1.807, 2.05) is 0 Å². The minimum Gasteiger partial charge on any atom is -0.409 e. The van der Waals surface area contributed by atoms with Gasteiger partial charge in [0, 0.05) is 25.7 Å². The molecule has 2 aromatic rings. The summed E-state index contributed by atoms with van der Waals surface area (Å²) in [7, 11) is 3.00. The third-order valence-electron chi connectivity index (χ3n) is 2.79. The highest BCUT2D eigenvalue weighted by Gasteiger charge is 2.18. The van der Waals surface area contributed by atoms with Gasteiger partial charge in [-0.1, -0.05) is 30.3 Å². The fraction of sp³-hybridized carbons (Fsp3) is 0.125. The predicted octanol–water partition coefficient (Wildman–Crippen LogP) is 3.12. The van der Waals surface area contributed by atoms with Crippen LogP contribution in [0.3, 0.4) is 0 Å². The number of carbonyl (C=O) groups excluding carboxylic acids is 2. The SMILES string of the molecule is CN(C)C(=O)Oc1cc(F)ccc1C(=O)c1ccccc1. The van der Waals surface area contributed by atoms with E-state index in [0.29, 0.717) is 5.56 Å². The largest absolute Gasteiger partial charge is 0.414 e. The number of hydrogen-bond acceptors (Lipinski definition) is 3. The second-order valence-corrected chi connectivity index (χ2v) is 4.60. The maximum absolute atomic E-state index is 13.3. The van der Waals surface area contributed by atoms with E-state index in [-0.39, 0.29) is 17.1 Å². The monoisotopic (exact) mass is 287 g/mol. The fourth-order valence-corrected chi connectivity index (χ4v) is 1.70. The van der Waals surface area contributed by atoms with Crippen LogP contribution in [0.2, 0.25) is 0 Å². The smallest absolute Gasteiger partial charge is 0.409 e. The summed E-state index contributed by atoms with van der Waals surface area (Å²) in [6.07, 6.45) is -0.678. The molecule has 0 N–H and O–H groups in total. The van der Waals surface area contributed by atoms with Crippen molar-refractivity contribution in [2.45, 2.75) is 0 Å². The van der Waals surface area contributed by atoms with Gasteiger partial charge in [-0.2, -0.15) is 0 Å². The van der Waals surface area contributed by atoms with Crippen LogP contribution < -0.4 is 4.74 Å². The maximum atomic E-state index is 13.3. The topological polar surface area (TPSA) is 46.6 Å². The Labute approximate surface area is 121 Å². The van der Waals surface area contributed by atoms with E-state index in [0.717, 1.165) is 12.1 Å². The van der Waals surface area contributed by atoms with Crippen LogP contribution in [0.15, 0.2) is 48.5 Å². The molecule has 21 heavy (non-hydrogen) atoms. The zero-order valence-corrected chi connectivity index (χ0v) is 11.7. The molecule has 0 fully saturated rings. The summed E-state index contributed by atoms with van der Waals surface area (Å²) in [5.41, 5.74) is 0.573. The Morgan fingerprint density at radius 3 is 2.33 bits per heavy atom. The normalized spacial score (nSPS) is 10.0. The Morgan fingerprint density at radius 2 is 1.71 bits per heavy atom. The van der Waals surface area contributed by atoms with Gasteiger partial charge >= 0.3 is 6.09 Å². The number of nitrogens with zero attached hydrogens (tertiary/aromatic N) is 1. The molecule has 5 heteroatoms. The molecule has 2 rings (SSSR count). The number of hydrogen-bond donors (Lipinski definition) is 0. The Balaban J connectivity index is 2.39. The molecule has 4 nitrogen and oxygen atoms in total. The Kier molecular flexibility index (Phi) is 4.33. The Morgan fingerprint density at radius 1 is 1.05 bits per heavy atom. The second-order valence-electron chi connectivity index (χ2n) is 4.60. The number of halogens is 1. The molecule has 0 aliphatic heterocycles. The van der Waals surface area contributed by atoms with Crippen molar-refractivity contribution in [1.29, 1.82) is 0 Å². The van der Waals surface area contributed by atoms with Gasteiger partial charge in [0.15, 0.2) is 5.78 Å². The molecule has 0 bridgehead atoms. The molecule has 0 atom stereocenters. The third kappa shape index (κ3) is 3.45. The van der Waals surface area contributed by atoms with Gasteiger partial charge in [0.2, 0.25) is 0 Å². The van der Waals surface area contributed by atoms with Gasteiger partial charge in [-0.25, -0.2) is 9.18 Å². The first kappa shape index (κ1) is 14.7. The van der Waals surface area contributed by atoms with Crippen LogP contribution in [-0.4, -0.2) is 30.9 Å². The van der Waals surface area contributed by atoms with Gasteiger partial charge in [0.1, 0.15) is 11.6 Å². The standard InChI is InChI=1S/C16H14FNO3/c1-18(2)16(20)21-14-10-12(17)8-9-13(14)15(19)11-6-4-3-5-7-11/h3-10H,1-2H3. The highest BCUT2D eigenvalue weighted by molar-refractivity contribution is 6.10. The van der Waals surface area contributed by atoms with Crippen LogP contribution >= 0.6 is 0 Å². The van der Waals surface area contributed by atoms with Crippen LogP contribution in [0, 0.1) is 5.82 Å². The predicted molar refractivity (Wildman–Crippen MR) is 76.0 cm³/mol. The van der Waals surface area contributed by atoms with E-state index in [9.17, 15) is 14.0 Å². The van der Waals surface area contributed by atoms with Crippen molar-refractivity contribution in [2.24, 2.45) is 0 Å². The number of benzene rings is 2. The van der Waals surface area contributed by atoms with E-state index in [4.69, 9.17) is 4.74 Å². The van der Waals surface area contributed by atoms with Crippen LogP contribution in [0.25, 0.3) is 0 Å². The lowest BCUT2D eigenvalue weighted by molar-refractivity contribution is 0.103. The minimum atomic E-state index is -0.678. The zero-order valence-electron chi connectivity index (χ0n) is 11.7. The quantitative estimate of drug-likeness (QED) is 0.815. The van der Waals surface area contributed by atoms with Gasteiger partial charge in [0.25, 0.3) is 0 Å². The molecule has 0 unspecified atom stereocenters. The molecule has 108 valence electrons. The maximum Gasteiger partial charge on any atom is 0.414 e. The van der Waals surface area contributed by atoms with Crippen molar-refractivity contribution >= 4 is 11.9 Å². The third-order valence-corrected chi connectivity index (χ3v) is 2.79. The van der Waals surface area contributed by atoms with Gasteiger partial charge in [-0.05, 0) is 12.1 Å². The van der Waals surface area contributed by atoms with Gasteiger partial charge in [0.05, 0.1) is 5.56 Å². The van der Waals surface area contributed by atoms with Crippen molar-refractivity contribution < 1.29 is 18.7 Å². The van der Waals surface area contributed by atoms with Crippen LogP contribution in [0.4, 0.5) is 9.18 Å². The number of carbonyl (C=O) groups is 2. The first-order valence-electron chi connectivity index (χ1n) is 6.27. The van der Waals surface area contributed by atoms with E-state index in [1.54, 1.807) is 30.3 Å². The lowest BCUT2D eigenvalue weighted by Crippen LogP contribution is -2.26. The van der Waals surface area contributed by atoms with Crippen molar-refractivity contribution in [2.75, 3.05) is 14.1 Å². The fourth-order valence-electron chi connectivity index (χ4n) is 1.70. The van der Waals surface area contributed by atoms with Gasteiger partial charge < -0.3 is 9.64 Å². The number of rotatable bonds is 3. The van der Waals surface area contributed by atoms with Gasteiger partial charge in [-0.15, -0.1) is 0 Å². The second kappa shape index (κ2) is 6.17. The Hall–Kier alpha value is -2.69.